The lowest BCUT2D eigenvalue weighted by molar-refractivity contribution is -0.132. The smallest absolute Gasteiger partial charge is 0.267 e. The van der Waals surface area contributed by atoms with Crippen molar-refractivity contribution in [3.8, 4) is 17.0 Å². The van der Waals surface area contributed by atoms with Gasteiger partial charge in [-0.2, -0.15) is 5.10 Å². The number of carbonyl (C=O) groups is 1. The van der Waals surface area contributed by atoms with E-state index in [1.807, 2.05) is 55.5 Å². The van der Waals surface area contributed by atoms with Crippen LogP contribution in [-0.4, -0.2) is 53.9 Å². The van der Waals surface area contributed by atoms with Gasteiger partial charge in [-0.1, -0.05) is 29.8 Å². The molecular weight excluding hydrogens is 392 g/mol. The SMILES string of the molecule is COc1ccc(N2CCN(C(=O)Cn3nc(-c4ccc(C)cc4)ccc3=O)CC2)cc1. The molecule has 7 nitrogen and oxygen atoms in total. The van der Waals surface area contributed by atoms with E-state index < -0.39 is 0 Å². The molecule has 0 saturated carbocycles. The number of rotatable bonds is 5. The van der Waals surface area contributed by atoms with Crippen molar-refractivity contribution in [2.45, 2.75) is 13.5 Å². The van der Waals surface area contributed by atoms with Gasteiger partial charge in [0.2, 0.25) is 5.91 Å². The molecule has 0 aliphatic carbocycles. The molecule has 0 atom stereocenters. The van der Waals surface area contributed by atoms with Crippen LogP contribution in [0.4, 0.5) is 5.69 Å². The summed E-state index contributed by atoms with van der Waals surface area (Å²) in [5.74, 6) is 0.730. The van der Waals surface area contributed by atoms with Gasteiger partial charge in [0.15, 0.2) is 0 Å². The van der Waals surface area contributed by atoms with Crippen LogP contribution in [0.2, 0.25) is 0 Å². The van der Waals surface area contributed by atoms with Crippen molar-refractivity contribution in [2.24, 2.45) is 0 Å². The zero-order chi connectivity index (χ0) is 21.8. The summed E-state index contributed by atoms with van der Waals surface area (Å²) >= 11 is 0. The number of carbonyl (C=O) groups excluding carboxylic acids is 1. The Morgan fingerprint density at radius 3 is 2.26 bits per heavy atom. The van der Waals surface area contributed by atoms with E-state index >= 15 is 0 Å². The summed E-state index contributed by atoms with van der Waals surface area (Å²) in [6, 6.07) is 19.0. The highest BCUT2D eigenvalue weighted by Crippen LogP contribution is 2.20. The zero-order valence-electron chi connectivity index (χ0n) is 17.8. The lowest BCUT2D eigenvalue weighted by atomic mass is 10.1. The van der Waals surface area contributed by atoms with Crippen molar-refractivity contribution >= 4 is 11.6 Å². The number of aromatic nitrogens is 2. The number of piperazine rings is 1. The van der Waals surface area contributed by atoms with Gasteiger partial charge in [-0.25, -0.2) is 4.68 Å². The van der Waals surface area contributed by atoms with E-state index in [0.717, 1.165) is 35.7 Å². The molecule has 1 aliphatic heterocycles. The topological polar surface area (TPSA) is 67.7 Å². The van der Waals surface area contributed by atoms with Crippen LogP contribution in [0.1, 0.15) is 5.56 Å². The first-order valence-corrected chi connectivity index (χ1v) is 10.4. The van der Waals surface area contributed by atoms with E-state index in [1.165, 1.54) is 10.7 Å². The van der Waals surface area contributed by atoms with Crippen molar-refractivity contribution < 1.29 is 9.53 Å². The Balaban J connectivity index is 1.40. The molecule has 0 unspecified atom stereocenters. The predicted octanol–water partition coefficient (Wildman–Crippen LogP) is 2.58. The number of benzene rings is 2. The average Bonchev–Trinajstić information content (AvgIpc) is 2.81. The van der Waals surface area contributed by atoms with Crippen molar-refractivity contribution in [3.63, 3.8) is 0 Å². The summed E-state index contributed by atoms with van der Waals surface area (Å²) in [5.41, 5.74) is 3.58. The number of methoxy groups -OCH3 is 1. The van der Waals surface area contributed by atoms with E-state index in [9.17, 15) is 9.59 Å². The quantitative estimate of drug-likeness (QED) is 0.637. The van der Waals surface area contributed by atoms with E-state index in [2.05, 4.69) is 10.00 Å². The second-order valence-corrected chi connectivity index (χ2v) is 7.65. The number of aryl methyl sites for hydroxylation is 1. The minimum absolute atomic E-state index is 0.0545. The third-order valence-electron chi connectivity index (χ3n) is 5.57. The maximum absolute atomic E-state index is 12.8. The van der Waals surface area contributed by atoms with Gasteiger partial charge in [0, 0.05) is 43.5 Å². The molecule has 1 fully saturated rings. The molecule has 0 bridgehead atoms. The molecule has 2 heterocycles. The summed E-state index contributed by atoms with van der Waals surface area (Å²) < 4.78 is 6.47. The van der Waals surface area contributed by atoms with Crippen LogP contribution in [0, 0.1) is 6.92 Å². The summed E-state index contributed by atoms with van der Waals surface area (Å²) in [7, 11) is 1.65. The maximum Gasteiger partial charge on any atom is 0.267 e. The van der Waals surface area contributed by atoms with Gasteiger partial charge in [0.05, 0.1) is 12.8 Å². The second kappa shape index (κ2) is 9.04. The summed E-state index contributed by atoms with van der Waals surface area (Å²) in [6.07, 6.45) is 0. The Hall–Kier alpha value is -3.61. The van der Waals surface area contributed by atoms with Gasteiger partial charge in [-0.3, -0.25) is 9.59 Å². The van der Waals surface area contributed by atoms with Crippen molar-refractivity contribution in [2.75, 3.05) is 38.2 Å². The Morgan fingerprint density at radius 1 is 0.935 bits per heavy atom. The lowest BCUT2D eigenvalue weighted by Crippen LogP contribution is -2.50. The normalized spacial score (nSPS) is 13.9. The van der Waals surface area contributed by atoms with E-state index in [-0.39, 0.29) is 18.0 Å². The molecule has 1 amide bonds. The third kappa shape index (κ3) is 4.77. The van der Waals surface area contributed by atoms with Crippen LogP contribution >= 0.6 is 0 Å². The van der Waals surface area contributed by atoms with Crippen LogP contribution in [0.15, 0.2) is 65.5 Å². The van der Waals surface area contributed by atoms with E-state index in [4.69, 9.17) is 4.74 Å². The number of hydrogen-bond donors (Lipinski definition) is 0. The van der Waals surface area contributed by atoms with Gasteiger partial charge in [0.1, 0.15) is 12.3 Å². The monoisotopic (exact) mass is 418 g/mol. The standard InChI is InChI=1S/C24H26N4O3/c1-18-3-5-19(6-4-18)22-11-12-23(29)28(25-22)17-24(30)27-15-13-26(14-16-27)20-7-9-21(31-2)10-8-20/h3-12H,13-17H2,1-2H3. The molecule has 1 saturated heterocycles. The Kier molecular flexibility index (Phi) is 6.02. The fourth-order valence-corrected chi connectivity index (χ4v) is 3.68. The van der Waals surface area contributed by atoms with Crippen LogP contribution in [0.5, 0.6) is 5.75 Å². The van der Waals surface area contributed by atoms with Gasteiger partial charge in [-0.05, 0) is 37.3 Å². The first-order valence-electron chi connectivity index (χ1n) is 10.4. The average molecular weight is 418 g/mol. The zero-order valence-corrected chi connectivity index (χ0v) is 17.8. The van der Waals surface area contributed by atoms with Gasteiger partial charge in [0.25, 0.3) is 5.56 Å². The molecule has 7 heteroatoms. The molecule has 2 aromatic carbocycles. The molecule has 4 rings (SSSR count). The highest BCUT2D eigenvalue weighted by molar-refractivity contribution is 5.76. The summed E-state index contributed by atoms with van der Waals surface area (Å²) in [4.78, 5) is 29.1. The van der Waals surface area contributed by atoms with Crippen molar-refractivity contribution in [1.82, 2.24) is 14.7 Å². The van der Waals surface area contributed by atoms with Gasteiger partial charge >= 0.3 is 0 Å². The summed E-state index contributed by atoms with van der Waals surface area (Å²) in [6.45, 7) is 4.66. The minimum atomic E-state index is -0.277. The molecule has 31 heavy (non-hydrogen) atoms. The minimum Gasteiger partial charge on any atom is -0.497 e. The molecule has 0 spiro atoms. The van der Waals surface area contributed by atoms with Crippen molar-refractivity contribution in [1.29, 1.82) is 0 Å². The molecule has 160 valence electrons. The Bertz CT molecular complexity index is 1100. The number of ether oxygens (including phenoxy) is 1. The molecule has 0 N–H and O–H groups in total. The second-order valence-electron chi connectivity index (χ2n) is 7.65. The number of amides is 1. The van der Waals surface area contributed by atoms with E-state index in [0.29, 0.717) is 18.8 Å². The number of anilines is 1. The summed E-state index contributed by atoms with van der Waals surface area (Å²) in [5, 5.41) is 4.42. The Morgan fingerprint density at radius 2 is 1.61 bits per heavy atom. The molecular formula is C24H26N4O3. The lowest BCUT2D eigenvalue weighted by Gasteiger charge is -2.36. The first-order chi connectivity index (χ1) is 15.0. The number of hydrogen-bond acceptors (Lipinski definition) is 5. The number of nitrogens with zero attached hydrogens (tertiary/aromatic N) is 4. The Labute approximate surface area is 181 Å². The third-order valence-corrected chi connectivity index (χ3v) is 5.57. The molecule has 1 aromatic heterocycles. The van der Waals surface area contributed by atoms with E-state index in [1.54, 1.807) is 18.1 Å². The fraction of sp³-hybridized carbons (Fsp3) is 0.292. The van der Waals surface area contributed by atoms with Crippen LogP contribution in [-0.2, 0) is 11.3 Å². The molecule has 1 aliphatic rings. The van der Waals surface area contributed by atoms with Gasteiger partial charge < -0.3 is 14.5 Å². The highest BCUT2D eigenvalue weighted by atomic mass is 16.5. The fourth-order valence-electron chi connectivity index (χ4n) is 3.68. The largest absolute Gasteiger partial charge is 0.497 e. The molecule has 0 radical (unpaired) electrons. The van der Waals surface area contributed by atoms with Crippen molar-refractivity contribution in [3.05, 3.63) is 76.6 Å². The maximum atomic E-state index is 12.8. The first kappa shape index (κ1) is 20.7. The predicted molar refractivity (Wildman–Crippen MR) is 120 cm³/mol. The highest BCUT2D eigenvalue weighted by Gasteiger charge is 2.22. The molecule has 3 aromatic rings. The van der Waals surface area contributed by atoms with Crippen LogP contribution in [0.25, 0.3) is 11.3 Å². The van der Waals surface area contributed by atoms with Crippen LogP contribution < -0.4 is 15.2 Å². The van der Waals surface area contributed by atoms with Gasteiger partial charge in [-0.15, -0.1) is 0 Å². The van der Waals surface area contributed by atoms with Crippen LogP contribution in [0.3, 0.4) is 0 Å².